The maximum absolute atomic E-state index is 12.7. The fourth-order valence-electron chi connectivity index (χ4n) is 3.65. The van der Waals surface area contributed by atoms with Crippen LogP contribution < -0.4 is 0 Å². The van der Waals surface area contributed by atoms with Gasteiger partial charge in [0, 0.05) is 15.8 Å². The minimum absolute atomic E-state index is 0.158. The van der Waals surface area contributed by atoms with Crippen LogP contribution in [0, 0.1) is 26.7 Å². The van der Waals surface area contributed by atoms with Gasteiger partial charge < -0.3 is 0 Å². The summed E-state index contributed by atoms with van der Waals surface area (Å²) in [4.78, 5) is 24.6. The first-order valence-corrected chi connectivity index (χ1v) is 11.2. The molecule has 1 aliphatic carbocycles. The number of aromatic nitrogens is 2. The number of hydrogen-bond donors (Lipinski definition) is 0. The van der Waals surface area contributed by atoms with Gasteiger partial charge in [-0.1, -0.05) is 30.8 Å². The molecule has 3 aromatic rings. The van der Waals surface area contributed by atoms with Crippen LogP contribution >= 0.6 is 23.1 Å². The van der Waals surface area contributed by atoms with Crippen molar-refractivity contribution in [2.75, 3.05) is 5.75 Å². The van der Waals surface area contributed by atoms with Gasteiger partial charge in [0.2, 0.25) is 0 Å². The lowest BCUT2D eigenvalue weighted by atomic mass is 9.89. The van der Waals surface area contributed by atoms with Crippen LogP contribution in [0.1, 0.15) is 51.1 Å². The lowest BCUT2D eigenvalue weighted by Crippen LogP contribution is -2.09. The molecule has 1 aliphatic rings. The molecule has 2 heterocycles. The molecule has 0 saturated heterocycles. The summed E-state index contributed by atoms with van der Waals surface area (Å²) in [5, 5.41) is 2.17. The Morgan fingerprint density at radius 2 is 2.04 bits per heavy atom. The monoisotopic (exact) mass is 396 g/mol. The molecule has 0 amide bonds. The van der Waals surface area contributed by atoms with Gasteiger partial charge in [0.05, 0.1) is 5.75 Å². The highest BCUT2D eigenvalue weighted by Gasteiger charge is 2.24. The summed E-state index contributed by atoms with van der Waals surface area (Å²) in [7, 11) is 0. The van der Waals surface area contributed by atoms with E-state index in [4.69, 9.17) is 4.98 Å². The molecule has 27 heavy (non-hydrogen) atoms. The van der Waals surface area contributed by atoms with Crippen molar-refractivity contribution in [3.63, 3.8) is 0 Å². The molecule has 0 fully saturated rings. The van der Waals surface area contributed by atoms with Gasteiger partial charge in [0.1, 0.15) is 15.7 Å². The predicted molar refractivity (Wildman–Crippen MR) is 114 cm³/mol. The number of carbonyl (C=O) groups is 1. The fraction of sp³-hybridized carbons (Fsp3) is 0.409. The Morgan fingerprint density at radius 1 is 1.22 bits per heavy atom. The average molecular weight is 397 g/mol. The quantitative estimate of drug-likeness (QED) is 0.321. The van der Waals surface area contributed by atoms with Gasteiger partial charge in [-0.2, -0.15) is 0 Å². The molecule has 0 N–H and O–H groups in total. The first-order chi connectivity index (χ1) is 12.9. The number of benzene rings is 1. The summed E-state index contributed by atoms with van der Waals surface area (Å²) in [6, 6.07) is 5.95. The Bertz CT molecular complexity index is 1040. The predicted octanol–water partition coefficient (Wildman–Crippen LogP) is 5.72. The van der Waals surface area contributed by atoms with Crippen LogP contribution in [0.4, 0.5) is 0 Å². The SMILES string of the molecule is Cc1nc(SCC(=O)c2ccc(C)c(C)c2)c2c3c(sc2n1)CC(C)CC3. The summed E-state index contributed by atoms with van der Waals surface area (Å²) in [5.74, 6) is 2.09. The molecule has 1 aromatic carbocycles. The van der Waals surface area contributed by atoms with Crippen LogP contribution in [0.2, 0.25) is 0 Å². The van der Waals surface area contributed by atoms with Crippen molar-refractivity contribution in [1.82, 2.24) is 9.97 Å². The molecule has 0 bridgehead atoms. The largest absolute Gasteiger partial charge is 0.293 e. The number of carbonyl (C=O) groups excluding carboxylic acids is 1. The molecule has 1 unspecified atom stereocenters. The third kappa shape index (κ3) is 3.67. The van der Waals surface area contributed by atoms with Crippen LogP contribution in [-0.4, -0.2) is 21.5 Å². The first-order valence-electron chi connectivity index (χ1n) is 9.44. The molecule has 5 heteroatoms. The zero-order chi connectivity index (χ0) is 19.1. The number of ketones is 1. The number of thioether (sulfide) groups is 1. The van der Waals surface area contributed by atoms with Gasteiger partial charge >= 0.3 is 0 Å². The van der Waals surface area contributed by atoms with E-state index >= 15 is 0 Å². The maximum Gasteiger partial charge on any atom is 0.173 e. The van der Waals surface area contributed by atoms with Crippen molar-refractivity contribution in [2.45, 2.75) is 52.0 Å². The highest BCUT2D eigenvalue weighted by Crippen LogP contribution is 2.41. The molecular formula is C22H24N2OS2. The smallest absolute Gasteiger partial charge is 0.173 e. The van der Waals surface area contributed by atoms with E-state index in [2.05, 4.69) is 25.8 Å². The van der Waals surface area contributed by atoms with Gasteiger partial charge in [-0.15, -0.1) is 11.3 Å². The van der Waals surface area contributed by atoms with Crippen LogP contribution in [0.3, 0.4) is 0 Å². The van der Waals surface area contributed by atoms with E-state index < -0.39 is 0 Å². The van der Waals surface area contributed by atoms with Crippen LogP contribution in [0.25, 0.3) is 10.2 Å². The first kappa shape index (κ1) is 18.6. The molecule has 0 saturated carbocycles. The number of hydrogen-bond acceptors (Lipinski definition) is 5. The van der Waals surface area contributed by atoms with E-state index in [1.807, 2.05) is 36.5 Å². The normalized spacial score (nSPS) is 16.5. The number of thiophene rings is 1. The Hall–Kier alpha value is -1.72. The van der Waals surface area contributed by atoms with E-state index in [9.17, 15) is 4.79 Å². The molecular weight excluding hydrogens is 372 g/mol. The van der Waals surface area contributed by atoms with Crippen molar-refractivity contribution in [1.29, 1.82) is 0 Å². The summed E-state index contributed by atoms with van der Waals surface area (Å²) in [5.41, 5.74) is 4.58. The lowest BCUT2D eigenvalue weighted by molar-refractivity contribution is 0.102. The summed E-state index contributed by atoms with van der Waals surface area (Å²) < 4.78 is 0. The van der Waals surface area contributed by atoms with Crippen molar-refractivity contribution in [3.8, 4) is 0 Å². The Labute approximate surface area is 168 Å². The second-order valence-corrected chi connectivity index (χ2v) is 9.67. The highest BCUT2D eigenvalue weighted by atomic mass is 32.2. The number of Topliss-reactive ketones (excluding diaryl/α,β-unsaturated/α-hetero) is 1. The van der Waals surface area contributed by atoms with Gasteiger partial charge in [0.15, 0.2) is 5.78 Å². The molecule has 4 rings (SSSR count). The number of rotatable bonds is 4. The van der Waals surface area contributed by atoms with Crippen LogP contribution in [-0.2, 0) is 12.8 Å². The Kier molecular flexibility index (Phi) is 5.08. The summed E-state index contributed by atoms with van der Waals surface area (Å²) >= 11 is 3.38. The highest BCUT2D eigenvalue weighted by molar-refractivity contribution is 8.00. The zero-order valence-corrected chi connectivity index (χ0v) is 17.9. The number of aryl methyl sites for hydroxylation is 4. The number of fused-ring (bicyclic) bond motifs is 3. The van der Waals surface area contributed by atoms with Crippen molar-refractivity contribution in [3.05, 3.63) is 51.2 Å². The van der Waals surface area contributed by atoms with Gasteiger partial charge in [-0.05, 0) is 68.7 Å². The summed E-state index contributed by atoms with van der Waals surface area (Å²) in [6.45, 7) is 8.38. The maximum atomic E-state index is 12.7. The van der Waals surface area contributed by atoms with E-state index in [1.54, 1.807) is 11.8 Å². The minimum atomic E-state index is 0.158. The Balaban J connectivity index is 1.63. The number of nitrogens with zero attached hydrogens (tertiary/aromatic N) is 2. The van der Waals surface area contributed by atoms with Crippen molar-refractivity contribution < 1.29 is 4.79 Å². The standard InChI is InChI=1S/C22H24N2OS2/c1-12-5-8-17-19(9-12)27-22-20(17)21(23-15(4)24-22)26-11-18(25)16-7-6-13(2)14(3)10-16/h6-7,10,12H,5,8-9,11H2,1-4H3. The van der Waals surface area contributed by atoms with Crippen molar-refractivity contribution in [2.24, 2.45) is 5.92 Å². The summed E-state index contributed by atoms with van der Waals surface area (Å²) in [6.07, 6.45) is 3.46. The second kappa shape index (κ2) is 7.36. The van der Waals surface area contributed by atoms with Gasteiger partial charge in [0.25, 0.3) is 0 Å². The average Bonchev–Trinajstić information content (AvgIpc) is 2.98. The van der Waals surface area contributed by atoms with E-state index in [0.717, 1.165) is 45.6 Å². The molecule has 1 atom stereocenters. The van der Waals surface area contributed by atoms with Gasteiger partial charge in [-0.25, -0.2) is 9.97 Å². The topological polar surface area (TPSA) is 42.9 Å². The zero-order valence-electron chi connectivity index (χ0n) is 16.3. The molecule has 0 aliphatic heterocycles. The van der Waals surface area contributed by atoms with Gasteiger partial charge in [-0.3, -0.25) is 4.79 Å². The molecule has 2 aromatic heterocycles. The lowest BCUT2D eigenvalue weighted by Gasteiger charge is -2.18. The second-order valence-electron chi connectivity index (χ2n) is 7.62. The Morgan fingerprint density at radius 3 is 2.81 bits per heavy atom. The molecule has 0 radical (unpaired) electrons. The third-order valence-electron chi connectivity index (χ3n) is 5.40. The third-order valence-corrected chi connectivity index (χ3v) is 7.53. The molecule has 0 spiro atoms. The van der Waals surface area contributed by atoms with Crippen LogP contribution in [0.5, 0.6) is 0 Å². The molecule has 140 valence electrons. The molecule has 3 nitrogen and oxygen atoms in total. The van der Waals surface area contributed by atoms with E-state index in [1.165, 1.54) is 27.8 Å². The van der Waals surface area contributed by atoms with Crippen LogP contribution in [0.15, 0.2) is 23.2 Å². The minimum Gasteiger partial charge on any atom is -0.293 e. The van der Waals surface area contributed by atoms with E-state index in [0.29, 0.717) is 5.75 Å². The van der Waals surface area contributed by atoms with E-state index in [-0.39, 0.29) is 5.78 Å². The van der Waals surface area contributed by atoms with Crippen molar-refractivity contribution >= 4 is 39.1 Å². The fourth-order valence-corrected chi connectivity index (χ4v) is 6.14.